The molecular formula is C23H26F2N4O4. The van der Waals surface area contributed by atoms with Crippen molar-refractivity contribution in [2.45, 2.75) is 51.5 Å². The number of nitrogens with zero attached hydrogens (tertiary/aromatic N) is 3. The molecule has 2 atom stereocenters. The quantitative estimate of drug-likeness (QED) is 0.560. The van der Waals surface area contributed by atoms with E-state index in [0.717, 1.165) is 0 Å². The molecule has 2 unspecified atom stereocenters. The summed E-state index contributed by atoms with van der Waals surface area (Å²) >= 11 is 0. The molecule has 1 aromatic carbocycles. The Morgan fingerprint density at radius 3 is 2.73 bits per heavy atom. The van der Waals surface area contributed by atoms with Gasteiger partial charge in [0.1, 0.15) is 17.0 Å². The van der Waals surface area contributed by atoms with E-state index in [0.29, 0.717) is 40.9 Å². The van der Waals surface area contributed by atoms with Crippen LogP contribution >= 0.6 is 0 Å². The molecule has 176 valence electrons. The van der Waals surface area contributed by atoms with Gasteiger partial charge in [0.2, 0.25) is 0 Å². The lowest BCUT2D eigenvalue weighted by molar-refractivity contribution is -0.0498. The summed E-state index contributed by atoms with van der Waals surface area (Å²) in [4.78, 5) is 17.5. The van der Waals surface area contributed by atoms with Gasteiger partial charge in [0, 0.05) is 24.4 Å². The van der Waals surface area contributed by atoms with Crippen molar-refractivity contribution in [2.75, 3.05) is 13.2 Å². The Kier molecular flexibility index (Phi) is 6.31. The number of fused-ring (bicyclic) bond motifs is 1. The minimum Gasteiger partial charge on any atom is -0.435 e. The van der Waals surface area contributed by atoms with E-state index in [2.05, 4.69) is 20.1 Å². The third-order valence-electron chi connectivity index (χ3n) is 5.84. The number of rotatable bonds is 7. The summed E-state index contributed by atoms with van der Waals surface area (Å²) < 4.78 is 36.9. The predicted octanol–water partition coefficient (Wildman–Crippen LogP) is 3.55. The van der Waals surface area contributed by atoms with Crippen LogP contribution in [0.3, 0.4) is 0 Å². The van der Waals surface area contributed by atoms with Gasteiger partial charge in [-0.3, -0.25) is 14.5 Å². The van der Waals surface area contributed by atoms with E-state index in [9.17, 15) is 18.7 Å². The lowest BCUT2D eigenvalue weighted by Crippen LogP contribution is -2.56. The van der Waals surface area contributed by atoms with Crippen LogP contribution in [0.5, 0.6) is 5.75 Å². The second-order valence-electron chi connectivity index (χ2n) is 8.47. The van der Waals surface area contributed by atoms with Gasteiger partial charge in [-0.1, -0.05) is 12.1 Å². The number of nitrogens with one attached hydrogen (secondary N) is 1. The number of halogens is 2. The average molecular weight is 460 g/mol. The average Bonchev–Trinajstić information content (AvgIpc) is 3.38. The molecule has 3 heterocycles. The number of hydrogen-bond donors (Lipinski definition) is 2. The van der Waals surface area contributed by atoms with Crippen LogP contribution < -0.4 is 10.1 Å². The summed E-state index contributed by atoms with van der Waals surface area (Å²) in [6.45, 7) is 3.27. The third-order valence-corrected chi connectivity index (χ3v) is 5.84. The number of carbonyl (C=O) groups excluding carboxylic acids is 1. The van der Waals surface area contributed by atoms with Crippen LogP contribution in [0.15, 0.2) is 36.5 Å². The highest BCUT2D eigenvalue weighted by atomic mass is 19.3. The van der Waals surface area contributed by atoms with Gasteiger partial charge in [0.15, 0.2) is 0 Å². The van der Waals surface area contributed by atoms with Crippen LogP contribution in [0, 0.1) is 0 Å². The number of alkyl halides is 2. The molecule has 10 heteroatoms. The Bertz CT molecular complexity index is 1160. The van der Waals surface area contributed by atoms with E-state index in [1.165, 1.54) is 18.3 Å². The first-order valence-electron chi connectivity index (χ1n) is 10.7. The first-order chi connectivity index (χ1) is 15.7. The molecule has 1 saturated heterocycles. The molecule has 1 amide bonds. The van der Waals surface area contributed by atoms with Crippen molar-refractivity contribution in [3.05, 3.63) is 42.1 Å². The maximum Gasteiger partial charge on any atom is 0.387 e. The van der Waals surface area contributed by atoms with Gasteiger partial charge in [0.05, 0.1) is 29.3 Å². The van der Waals surface area contributed by atoms with Gasteiger partial charge in [-0.2, -0.15) is 13.9 Å². The third kappa shape index (κ3) is 4.53. The maximum absolute atomic E-state index is 13.0. The molecule has 0 radical (unpaired) electrons. The number of pyridine rings is 1. The number of aromatic nitrogens is 3. The summed E-state index contributed by atoms with van der Waals surface area (Å²) in [6, 6.07) is 7.91. The lowest BCUT2D eigenvalue weighted by atomic mass is 9.92. The van der Waals surface area contributed by atoms with Crippen LogP contribution in [0.4, 0.5) is 8.78 Å². The monoisotopic (exact) mass is 460 g/mol. The fraction of sp³-hybridized carbons (Fsp3) is 0.435. The standard InChI is InChI=1S/C23H26F2N4O4/c1-13(2)29-18-10-16(21(31)27-23(14(3)30)7-8-32-12-23)11-26-20(18)19(28-29)15-5-4-6-17(9-15)33-22(24)25/h4-6,9-11,13-14,22,30H,7-8,12H2,1-3H3,(H,27,31). The van der Waals surface area contributed by atoms with E-state index >= 15 is 0 Å². The van der Waals surface area contributed by atoms with Gasteiger partial charge in [-0.15, -0.1) is 0 Å². The van der Waals surface area contributed by atoms with E-state index in [4.69, 9.17) is 4.74 Å². The predicted molar refractivity (Wildman–Crippen MR) is 117 cm³/mol. The largest absolute Gasteiger partial charge is 0.435 e. The zero-order chi connectivity index (χ0) is 23.8. The number of ether oxygens (including phenoxy) is 2. The SMILES string of the molecule is CC(C)n1nc(-c2cccc(OC(F)F)c2)c2ncc(C(=O)NC3(C(C)O)CCOC3)cc21. The molecule has 2 N–H and O–H groups in total. The van der Waals surface area contributed by atoms with Crippen molar-refractivity contribution >= 4 is 16.9 Å². The molecule has 0 saturated carbocycles. The van der Waals surface area contributed by atoms with E-state index in [1.54, 1.807) is 29.8 Å². The van der Waals surface area contributed by atoms with E-state index in [1.807, 2.05) is 13.8 Å². The highest BCUT2D eigenvalue weighted by Crippen LogP contribution is 2.31. The lowest BCUT2D eigenvalue weighted by Gasteiger charge is -2.31. The summed E-state index contributed by atoms with van der Waals surface area (Å²) in [5, 5.41) is 17.8. The topological polar surface area (TPSA) is 98.5 Å². The zero-order valence-corrected chi connectivity index (χ0v) is 18.6. The first-order valence-corrected chi connectivity index (χ1v) is 10.7. The molecule has 1 fully saturated rings. The molecule has 0 bridgehead atoms. The molecule has 4 rings (SSSR count). The summed E-state index contributed by atoms with van der Waals surface area (Å²) in [5.74, 6) is -0.353. The van der Waals surface area contributed by atoms with Gasteiger partial charge in [0.25, 0.3) is 5.91 Å². The van der Waals surface area contributed by atoms with Crippen LogP contribution in [0.2, 0.25) is 0 Å². The number of aliphatic hydroxyl groups is 1. The highest BCUT2D eigenvalue weighted by Gasteiger charge is 2.41. The molecule has 2 aromatic heterocycles. The van der Waals surface area contributed by atoms with Crippen LogP contribution in [0.25, 0.3) is 22.3 Å². The second-order valence-corrected chi connectivity index (χ2v) is 8.47. The maximum atomic E-state index is 13.0. The minimum atomic E-state index is -2.93. The Hall–Kier alpha value is -3.11. The van der Waals surface area contributed by atoms with E-state index in [-0.39, 0.29) is 24.3 Å². The Morgan fingerprint density at radius 2 is 2.09 bits per heavy atom. The molecule has 0 spiro atoms. The molecule has 8 nitrogen and oxygen atoms in total. The fourth-order valence-corrected chi connectivity index (χ4v) is 3.96. The van der Waals surface area contributed by atoms with Crippen LogP contribution in [-0.2, 0) is 4.74 Å². The van der Waals surface area contributed by atoms with Gasteiger partial charge in [-0.05, 0) is 45.4 Å². The zero-order valence-electron chi connectivity index (χ0n) is 18.6. The Balaban J connectivity index is 1.73. The number of benzene rings is 1. The number of hydrogen-bond acceptors (Lipinski definition) is 6. The molecular weight excluding hydrogens is 434 g/mol. The minimum absolute atomic E-state index is 0.0212. The van der Waals surface area contributed by atoms with Crippen LogP contribution in [-0.4, -0.2) is 57.2 Å². The van der Waals surface area contributed by atoms with Crippen molar-refractivity contribution in [2.24, 2.45) is 0 Å². The fourth-order valence-electron chi connectivity index (χ4n) is 3.96. The summed E-state index contributed by atoms with van der Waals surface area (Å²) in [7, 11) is 0. The normalized spacial score (nSPS) is 19.4. The number of aliphatic hydroxyl groups excluding tert-OH is 1. The van der Waals surface area contributed by atoms with Crippen LogP contribution in [0.1, 0.15) is 43.6 Å². The van der Waals surface area contributed by atoms with Crippen molar-refractivity contribution in [1.29, 1.82) is 0 Å². The van der Waals surface area contributed by atoms with Gasteiger partial charge >= 0.3 is 6.61 Å². The molecule has 1 aliphatic heterocycles. The number of carbonyl (C=O) groups is 1. The first kappa shape index (κ1) is 23.1. The number of amides is 1. The highest BCUT2D eigenvalue weighted by molar-refractivity contribution is 5.99. The smallest absolute Gasteiger partial charge is 0.387 e. The van der Waals surface area contributed by atoms with E-state index < -0.39 is 18.3 Å². The molecule has 33 heavy (non-hydrogen) atoms. The van der Waals surface area contributed by atoms with Crippen molar-refractivity contribution in [1.82, 2.24) is 20.1 Å². The van der Waals surface area contributed by atoms with Gasteiger partial charge < -0.3 is 19.9 Å². The molecule has 1 aliphatic rings. The van der Waals surface area contributed by atoms with Gasteiger partial charge in [-0.25, -0.2) is 0 Å². The van der Waals surface area contributed by atoms with Crippen molar-refractivity contribution < 1.29 is 28.2 Å². The Morgan fingerprint density at radius 1 is 1.30 bits per heavy atom. The molecule has 3 aromatic rings. The van der Waals surface area contributed by atoms with Crippen molar-refractivity contribution in [3.63, 3.8) is 0 Å². The Labute approximate surface area is 189 Å². The van der Waals surface area contributed by atoms with Crippen molar-refractivity contribution in [3.8, 4) is 17.0 Å². The summed E-state index contributed by atoms with van der Waals surface area (Å²) in [5.41, 5.74) is 1.69. The molecule has 0 aliphatic carbocycles. The second kappa shape index (κ2) is 9.03. The summed E-state index contributed by atoms with van der Waals surface area (Å²) in [6.07, 6.45) is 1.17.